The minimum atomic E-state index is -4.18. The average molecular weight is 158 g/mol. The van der Waals surface area contributed by atoms with Crippen molar-refractivity contribution in [2.75, 3.05) is 6.61 Å². The van der Waals surface area contributed by atoms with Crippen molar-refractivity contribution in [3.63, 3.8) is 0 Å². The molecule has 0 unspecified atom stereocenters. The SMILES string of the molecule is CCOC(F)(F)C(=O)OF. The van der Waals surface area contributed by atoms with Gasteiger partial charge < -0.3 is 4.74 Å². The number of hydrogen-bond acceptors (Lipinski definition) is 3. The van der Waals surface area contributed by atoms with Gasteiger partial charge in [0.2, 0.25) is 0 Å². The first-order chi connectivity index (χ1) is 4.54. The molecule has 0 aromatic rings. The van der Waals surface area contributed by atoms with E-state index in [9.17, 15) is 18.1 Å². The number of alkyl halides is 2. The highest BCUT2D eigenvalue weighted by Gasteiger charge is 2.43. The Morgan fingerprint density at radius 1 is 1.60 bits per heavy atom. The van der Waals surface area contributed by atoms with E-state index in [0.717, 1.165) is 0 Å². The van der Waals surface area contributed by atoms with E-state index in [4.69, 9.17) is 0 Å². The van der Waals surface area contributed by atoms with E-state index in [2.05, 4.69) is 9.68 Å². The molecule has 0 N–H and O–H groups in total. The zero-order valence-corrected chi connectivity index (χ0v) is 5.07. The van der Waals surface area contributed by atoms with E-state index in [-0.39, 0.29) is 0 Å². The van der Waals surface area contributed by atoms with E-state index in [1.165, 1.54) is 6.92 Å². The molecule has 0 amide bonds. The molecule has 0 atom stereocenters. The first kappa shape index (κ1) is 9.22. The van der Waals surface area contributed by atoms with Gasteiger partial charge in [0.05, 0.1) is 6.61 Å². The van der Waals surface area contributed by atoms with Crippen LogP contribution in [0.2, 0.25) is 0 Å². The molecule has 0 saturated carbocycles. The maximum absolute atomic E-state index is 11.9. The van der Waals surface area contributed by atoms with Gasteiger partial charge in [0, 0.05) is 4.53 Å². The molecule has 0 aliphatic rings. The molecule has 0 heterocycles. The van der Waals surface area contributed by atoms with Gasteiger partial charge in [0.1, 0.15) is 0 Å². The van der Waals surface area contributed by atoms with Crippen LogP contribution < -0.4 is 0 Å². The lowest BCUT2D eigenvalue weighted by Gasteiger charge is -2.09. The average Bonchev–Trinajstić information content (AvgIpc) is 1.86. The Morgan fingerprint density at radius 3 is 2.40 bits per heavy atom. The van der Waals surface area contributed by atoms with E-state index in [1.54, 1.807) is 0 Å². The fraction of sp³-hybridized carbons (Fsp3) is 0.750. The van der Waals surface area contributed by atoms with Gasteiger partial charge in [-0.3, -0.25) is 0 Å². The topological polar surface area (TPSA) is 35.5 Å². The molecule has 0 fully saturated rings. The summed E-state index contributed by atoms with van der Waals surface area (Å²) in [4.78, 5) is 12.0. The largest absolute Gasteiger partial charge is 0.459 e. The highest BCUT2D eigenvalue weighted by Crippen LogP contribution is 2.16. The maximum atomic E-state index is 11.9. The Balaban J connectivity index is 3.96. The standard InChI is InChI=1S/C4H5F3O3/c1-2-9-4(5,6)3(8)10-7/h2H2,1H3. The quantitative estimate of drug-likeness (QED) is 0.615. The Bertz CT molecular complexity index is 125. The summed E-state index contributed by atoms with van der Waals surface area (Å²) >= 11 is 0. The lowest BCUT2D eigenvalue weighted by atomic mass is 10.6. The molecule has 10 heavy (non-hydrogen) atoms. The predicted molar refractivity (Wildman–Crippen MR) is 23.8 cm³/mol. The molecule has 0 rings (SSSR count). The van der Waals surface area contributed by atoms with Crippen molar-refractivity contribution < 1.29 is 27.8 Å². The van der Waals surface area contributed by atoms with Gasteiger partial charge in [-0.05, 0) is 6.92 Å². The second-order valence-corrected chi connectivity index (χ2v) is 1.31. The van der Waals surface area contributed by atoms with Crippen LogP contribution in [0.5, 0.6) is 0 Å². The molecule has 0 aliphatic carbocycles. The van der Waals surface area contributed by atoms with Crippen LogP contribution in [0.25, 0.3) is 0 Å². The van der Waals surface area contributed by atoms with E-state index < -0.39 is 18.7 Å². The highest BCUT2D eigenvalue weighted by atomic mass is 19.3. The number of hydrogen-bond donors (Lipinski definition) is 0. The molecule has 0 aromatic carbocycles. The highest BCUT2D eigenvalue weighted by molar-refractivity contribution is 5.75. The van der Waals surface area contributed by atoms with Crippen LogP contribution in [0, 0.1) is 0 Å². The van der Waals surface area contributed by atoms with Crippen LogP contribution in [0.3, 0.4) is 0 Å². The minimum Gasteiger partial charge on any atom is -0.311 e. The summed E-state index contributed by atoms with van der Waals surface area (Å²) in [5.41, 5.74) is 0. The number of carbonyl (C=O) groups is 1. The number of halogens is 3. The summed E-state index contributed by atoms with van der Waals surface area (Å²) in [6, 6.07) is 0. The van der Waals surface area contributed by atoms with Gasteiger partial charge >= 0.3 is 12.1 Å². The molecule has 6 heteroatoms. The summed E-state index contributed by atoms with van der Waals surface area (Å²) in [6.45, 7) is 0.835. The lowest BCUT2D eigenvalue weighted by Crippen LogP contribution is -2.32. The molecular formula is C4H5F3O3. The summed E-state index contributed by atoms with van der Waals surface area (Å²) in [6.07, 6.45) is -4.18. The Kier molecular flexibility index (Phi) is 3.14. The molecule has 0 aromatic heterocycles. The van der Waals surface area contributed by atoms with Crippen molar-refractivity contribution >= 4 is 5.97 Å². The first-order valence-corrected chi connectivity index (χ1v) is 2.39. The monoisotopic (exact) mass is 158 g/mol. The fourth-order valence-electron chi connectivity index (χ4n) is 0.285. The predicted octanol–water partition coefficient (Wildman–Crippen LogP) is 1.04. The molecule has 0 aliphatic heterocycles. The zero-order valence-electron chi connectivity index (χ0n) is 5.07. The third kappa shape index (κ3) is 2.22. The molecule has 3 nitrogen and oxygen atoms in total. The molecular weight excluding hydrogens is 153 g/mol. The van der Waals surface area contributed by atoms with Gasteiger partial charge in [-0.2, -0.15) is 8.78 Å². The van der Waals surface area contributed by atoms with Gasteiger partial charge in [0.15, 0.2) is 0 Å². The smallest absolute Gasteiger partial charge is 0.311 e. The third-order valence-corrected chi connectivity index (χ3v) is 0.633. The van der Waals surface area contributed by atoms with E-state index >= 15 is 0 Å². The second-order valence-electron chi connectivity index (χ2n) is 1.31. The van der Waals surface area contributed by atoms with E-state index in [0.29, 0.717) is 0 Å². The second kappa shape index (κ2) is 3.40. The molecule has 0 radical (unpaired) electrons. The number of ether oxygens (including phenoxy) is 1. The van der Waals surface area contributed by atoms with Crippen LogP contribution >= 0.6 is 0 Å². The van der Waals surface area contributed by atoms with Crippen molar-refractivity contribution in [2.24, 2.45) is 0 Å². The molecule has 60 valence electrons. The minimum absolute atomic E-state index is 0.401. The Labute approximate surface area is 54.6 Å². The van der Waals surface area contributed by atoms with Crippen molar-refractivity contribution in [3.8, 4) is 0 Å². The summed E-state index contributed by atoms with van der Waals surface area (Å²) < 4.78 is 38.1. The summed E-state index contributed by atoms with van der Waals surface area (Å²) in [7, 11) is 0. The molecule has 0 saturated heterocycles. The lowest BCUT2D eigenvalue weighted by molar-refractivity contribution is -0.272. The Morgan fingerprint density at radius 2 is 2.10 bits per heavy atom. The summed E-state index contributed by atoms with van der Waals surface area (Å²) in [5, 5.41) is 0. The van der Waals surface area contributed by atoms with Gasteiger partial charge in [0.25, 0.3) is 0 Å². The zero-order chi connectivity index (χ0) is 8.20. The normalized spacial score (nSPS) is 11.2. The van der Waals surface area contributed by atoms with Crippen molar-refractivity contribution in [1.29, 1.82) is 0 Å². The van der Waals surface area contributed by atoms with Crippen LogP contribution in [-0.4, -0.2) is 18.7 Å². The van der Waals surface area contributed by atoms with E-state index in [1.807, 2.05) is 0 Å². The third-order valence-electron chi connectivity index (χ3n) is 0.633. The van der Waals surface area contributed by atoms with Crippen molar-refractivity contribution in [2.45, 2.75) is 13.0 Å². The maximum Gasteiger partial charge on any atom is 0.459 e. The fourth-order valence-corrected chi connectivity index (χ4v) is 0.285. The van der Waals surface area contributed by atoms with Crippen molar-refractivity contribution in [3.05, 3.63) is 0 Å². The summed E-state index contributed by atoms with van der Waals surface area (Å²) in [5.74, 6) is -2.34. The number of carbonyl (C=O) groups excluding carboxylic acids is 1. The van der Waals surface area contributed by atoms with Gasteiger partial charge in [-0.1, -0.05) is 0 Å². The van der Waals surface area contributed by atoms with Crippen LogP contribution in [0.1, 0.15) is 6.92 Å². The molecule has 0 bridgehead atoms. The van der Waals surface area contributed by atoms with Gasteiger partial charge in [-0.15, -0.1) is 0 Å². The Hall–Kier alpha value is -0.780. The number of rotatable bonds is 3. The van der Waals surface area contributed by atoms with Crippen LogP contribution in [-0.2, 0) is 14.5 Å². The van der Waals surface area contributed by atoms with Crippen molar-refractivity contribution in [1.82, 2.24) is 0 Å². The van der Waals surface area contributed by atoms with Crippen LogP contribution in [0.4, 0.5) is 13.3 Å². The molecule has 0 spiro atoms. The van der Waals surface area contributed by atoms with Crippen LogP contribution in [0.15, 0.2) is 0 Å². The first-order valence-electron chi connectivity index (χ1n) is 2.39. The van der Waals surface area contributed by atoms with Gasteiger partial charge in [-0.25, -0.2) is 9.74 Å².